The molecule has 1 N–H and O–H groups in total. The Morgan fingerprint density at radius 2 is 1.95 bits per heavy atom. The van der Waals surface area contributed by atoms with Crippen LogP contribution in [0.15, 0.2) is 36.4 Å². The molecular formula is C17H18FNO2. The fourth-order valence-electron chi connectivity index (χ4n) is 2.77. The fourth-order valence-corrected chi connectivity index (χ4v) is 2.77. The van der Waals surface area contributed by atoms with Gasteiger partial charge in [0.05, 0.1) is 14.2 Å². The number of hydrogen-bond donors (Lipinski definition) is 1. The van der Waals surface area contributed by atoms with Gasteiger partial charge in [0.15, 0.2) is 11.6 Å². The predicted molar refractivity (Wildman–Crippen MR) is 80.9 cm³/mol. The molecule has 1 atom stereocenters. The Labute approximate surface area is 123 Å². The van der Waals surface area contributed by atoms with Crippen LogP contribution in [0.2, 0.25) is 0 Å². The summed E-state index contributed by atoms with van der Waals surface area (Å²) in [6.45, 7) is 0.784. The number of methoxy groups -OCH3 is 2. The molecule has 0 fully saturated rings. The van der Waals surface area contributed by atoms with Gasteiger partial charge in [-0.25, -0.2) is 4.39 Å². The molecule has 3 rings (SSSR count). The second kappa shape index (κ2) is 5.64. The largest absolute Gasteiger partial charge is 0.497 e. The molecule has 110 valence electrons. The van der Waals surface area contributed by atoms with Gasteiger partial charge in [0.1, 0.15) is 5.75 Å². The first-order chi connectivity index (χ1) is 10.2. The molecule has 0 saturated carbocycles. The molecule has 0 spiro atoms. The van der Waals surface area contributed by atoms with E-state index in [9.17, 15) is 4.39 Å². The van der Waals surface area contributed by atoms with Crippen molar-refractivity contribution in [2.45, 2.75) is 12.3 Å². The van der Waals surface area contributed by atoms with E-state index in [2.05, 4.69) is 11.4 Å². The van der Waals surface area contributed by atoms with Gasteiger partial charge in [0.2, 0.25) is 0 Å². The normalized spacial score (nSPS) is 16.8. The molecule has 1 unspecified atom stereocenters. The van der Waals surface area contributed by atoms with Gasteiger partial charge in [-0.2, -0.15) is 0 Å². The fraction of sp³-hybridized carbons (Fsp3) is 0.294. The van der Waals surface area contributed by atoms with Crippen LogP contribution >= 0.6 is 0 Å². The standard InChI is InChI=1S/C17H18FNO2/c1-20-14-5-3-12-7-13(10-19-16(12)9-14)11-4-6-17(21-2)15(18)8-11/h3-6,8-9,13,19H,7,10H2,1-2H3. The van der Waals surface area contributed by atoms with Crippen molar-refractivity contribution in [3.63, 3.8) is 0 Å². The zero-order valence-corrected chi connectivity index (χ0v) is 12.2. The van der Waals surface area contributed by atoms with Crippen LogP contribution in [-0.2, 0) is 6.42 Å². The number of hydrogen-bond acceptors (Lipinski definition) is 3. The van der Waals surface area contributed by atoms with Gasteiger partial charge in [-0.3, -0.25) is 0 Å². The van der Waals surface area contributed by atoms with Crippen LogP contribution in [0.3, 0.4) is 0 Å². The Hall–Kier alpha value is -2.23. The smallest absolute Gasteiger partial charge is 0.165 e. The van der Waals surface area contributed by atoms with E-state index >= 15 is 0 Å². The maximum Gasteiger partial charge on any atom is 0.165 e. The SMILES string of the molecule is COc1ccc2c(c1)NCC(c1ccc(OC)c(F)c1)C2. The van der Waals surface area contributed by atoms with Gasteiger partial charge in [-0.15, -0.1) is 0 Å². The van der Waals surface area contributed by atoms with E-state index in [1.54, 1.807) is 19.2 Å². The molecule has 2 aromatic carbocycles. The van der Waals surface area contributed by atoms with E-state index in [4.69, 9.17) is 9.47 Å². The van der Waals surface area contributed by atoms with Crippen molar-refractivity contribution in [1.29, 1.82) is 0 Å². The van der Waals surface area contributed by atoms with Crippen LogP contribution in [0.1, 0.15) is 17.0 Å². The molecule has 3 nitrogen and oxygen atoms in total. The summed E-state index contributed by atoms with van der Waals surface area (Å²) < 4.78 is 24.0. The highest BCUT2D eigenvalue weighted by atomic mass is 19.1. The first-order valence-corrected chi connectivity index (χ1v) is 6.95. The zero-order valence-electron chi connectivity index (χ0n) is 12.2. The van der Waals surface area contributed by atoms with Crippen LogP contribution in [0.25, 0.3) is 0 Å². The van der Waals surface area contributed by atoms with Gasteiger partial charge >= 0.3 is 0 Å². The monoisotopic (exact) mass is 287 g/mol. The summed E-state index contributed by atoms with van der Waals surface area (Å²) in [7, 11) is 3.14. The summed E-state index contributed by atoms with van der Waals surface area (Å²) in [5.41, 5.74) is 3.31. The third-order valence-corrected chi connectivity index (χ3v) is 3.97. The van der Waals surface area contributed by atoms with Crippen molar-refractivity contribution in [2.24, 2.45) is 0 Å². The molecule has 0 bridgehead atoms. The number of anilines is 1. The molecule has 1 aliphatic heterocycles. The van der Waals surface area contributed by atoms with E-state index in [0.29, 0.717) is 0 Å². The van der Waals surface area contributed by atoms with Crippen LogP contribution in [-0.4, -0.2) is 20.8 Å². The molecule has 0 radical (unpaired) electrons. The average molecular weight is 287 g/mol. The van der Waals surface area contributed by atoms with Crippen molar-refractivity contribution in [3.05, 3.63) is 53.3 Å². The topological polar surface area (TPSA) is 30.5 Å². The summed E-state index contributed by atoms with van der Waals surface area (Å²) in [5.74, 6) is 1.07. The van der Waals surface area contributed by atoms with E-state index in [1.807, 2.05) is 18.2 Å². The third-order valence-electron chi connectivity index (χ3n) is 3.97. The lowest BCUT2D eigenvalue weighted by Crippen LogP contribution is -2.21. The van der Waals surface area contributed by atoms with Gasteiger partial charge < -0.3 is 14.8 Å². The molecule has 4 heteroatoms. The lowest BCUT2D eigenvalue weighted by Gasteiger charge is -2.27. The third kappa shape index (κ3) is 2.66. The highest BCUT2D eigenvalue weighted by Crippen LogP contribution is 2.34. The quantitative estimate of drug-likeness (QED) is 0.935. The van der Waals surface area contributed by atoms with Crippen LogP contribution in [0, 0.1) is 5.82 Å². The summed E-state index contributed by atoms with van der Waals surface area (Å²) >= 11 is 0. The minimum atomic E-state index is -0.310. The molecule has 1 heterocycles. The Bertz CT molecular complexity index is 657. The van der Waals surface area contributed by atoms with E-state index in [0.717, 1.165) is 30.0 Å². The second-order valence-corrected chi connectivity index (χ2v) is 5.20. The summed E-state index contributed by atoms with van der Waals surface area (Å²) in [6.07, 6.45) is 0.887. The number of nitrogens with one attached hydrogen (secondary N) is 1. The first kappa shape index (κ1) is 13.7. The molecule has 0 amide bonds. The number of ether oxygens (including phenoxy) is 2. The molecule has 2 aromatic rings. The first-order valence-electron chi connectivity index (χ1n) is 6.95. The molecule has 0 saturated heterocycles. The average Bonchev–Trinajstić information content (AvgIpc) is 2.53. The van der Waals surface area contributed by atoms with Gasteiger partial charge in [-0.1, -0.05) is 12.1 Å². The zero-order chi connectivity index (χ0) is 14.8. The van der Waals surface area contributed by atoms with Crippen LogP contribution in [0.4, 0.5) is 10.1 Å². The highest BCUT2D eigenvalue weighted by molar-refractivity contribution is 5.58. The Balaban J connectivity index is 1.84. The lowest BCUT2D eigenvalue weighted by atomic mass is 9.88. The highest BCUT2D eigenvalue weighted by Gasteiger charge is 2.21. The molecule has 21 heavy (non-hydrogen) atoms. The molecule has 0 aliphatic carbocycles. The summed E-state index contributed by atoms with van der Waals surface area (Å²) in [4.78, 5) is 0. The lowest BCUT2D eigenvalue weighted by molar-refractivity contribution is 0.386. The predicted octanol–water partition coefficient (Wildman–Crippen LogP) is 3.59. The van der Waals surface area contributed by atoms with Crippen molar-refractivity contribution in [2.75, 3.05) is 26.1 Å². The number of benzene rings is 2. The second-order valence-electron chi connectivity index (χ2n) is 5.20. The Kier molecular flexibility index (Phi) is 3.69. The van der Waals surface area contributed by atoms with Crippen LogP contribution in [0.5, 0.6) is 11.5 Å². The van der Waals surface area contributed by atoms with Crippen molar-refractivity contribution in [3.8, 4) is 11.5 Å². The van der Waals surface area contributed by atoms with Crippen molar-refractivity contribution < 1.29 is 13.9 Å². The van der Waals surface area contributed by atoms with Crippen molar-refractivity contribution >= 4 is 5.69 Å². The number of fused-ring (bicyclic) bond motifs is 1. The number of rotatable bonds is 3. The van der Waals surface area contributed by atoms with Crippen LogP contribution < -0.4 is 14.8 Å². The van der Waals surface area contributed by atoms with Gasteiger partial charge in [0.25, 0.3) is 0 Å². The minimum Gasteiger partial charge on any atom is -0.497 e. The Morgan fingerprint density at radius 3 is 2.67 bits per heavy atom. The molecular weight excluding hydrogens is 269 g/mol. The summed E-state index contributed by atoms with van der Waals surface area (Å²) in [5, 5.41) is 3.40. The minimum absolute atomic E-state index is 0.256. The molecule has 0 aromatic heterocycles. The van der Waals surface area contributed by atoms with Gasteiger partial charge in [-0.05, 0) is 35.7 Å². The number of halogens is 1. The van der Waals surface area contributed by atoms with E-state index < -0.39 is 0 Å². The Morgan fingerprint density at radius 1 is 1.10 bits per heavy atom. The van der Waals surface area contributed by atoms with Crippen molar-refractivity contribution in [1.82, 2.24) is 0 Å². The maximum atomic E-state index is 13.8. The molecule has 1 aliphatic rings. The van der Waals surface area contributed by atoms with E-state index in [1.165, 1.54) is 12.7 Å². The van der Waals surface area contributed by atoms with Gasteiger partial charge in [0, 0.05) is 24.2 Å². The maximum absolute atomic E-state index is 13.8. The summed E-state index contributed by atoms with van der Waals surface area (Å²) in [6, 6.07) is 11.2. The van der Waals surface area contributed by atoms with E-state index in [-0.39, 0.29) is 17.5 Å².